The minimum atomic E-state index is 0.0482. The van der Waals surface area contributed by atoms with Gasteiger partial charge in [-0.15, -0.1) is 0 Å². The minimum absolute atomic E-state index is 0.0482. The van der Waals surface area contributed by atoms with E-state index in [0.29, 0.717) is 12.2 Å². The highest BCUT2D eigenvalue weighted by atomic mass is 16.7. The Morgan fingerprint density at radius 2 is 1.96 bits per heavy atom. The molecule has 1 aromatic carbocycles. The highest BCUT2D eigenvalue weighted by Crippen LogP contribution is 2.46. The zero-order chi connectivity index (χ0) is 19.3. The fourth-order valence-electron chi connectivity index (χ4n) is 4.46. The number of benzene rings is 1. The van der Waals surface area contributed by atoms with Crippen molar-refractivity contribution >= 4 is 0 Å². The maximum atomic E-state index is 6.15. The molecule has 27 heavy (non-hydrogen) atoms. The highest BCUT2D eigenvalue weighted by Gasteiger charge is 2.41. The molecular weight excluding hydrogens is 338 g/mol. The number of fused-ring (bicyclic) bond motifs is 1. The van der Waals surface area contributed by atoms with Crippen LogP contribution in [0.5, 0.6) is 11.5 Å². The van der Waals surface area contributed by atoms with Crippen LogP contribution in [-0.2, 0) is 11.3 Å². The Kier molecular flexibility index (Phi) is 6.69. The summed E-state index contributed by atoms with van der Waals surface area (Å²) in [5.74, 6) is 2.48. The van der Waals surface area contributed by atoms with E-state index in [0.717, 1.165) is 43.5 Å². The second-order valence-electron chi connectivity index (χ2n) is 9.13. The van der Waals surface area contributed by atoms with Crippen molar-refractivity contribution in [2.45, 2.75) is 78.4 Å². The van der Waals surface area contributed by atoms with E-state index in [1.54, 1.807) is 0 Å². The summed E-state index contributed by atoms with van der Waals surface area (Å²) < 4.78 is 17.0. The van der Waals surface area contributed by atoms with E-state index in [1.165, 1.54) is 37.7 Å². The molecule has 4 heteroatoms. The predicted molar refractivity (Wildman–Crippen MR) is 109 cm³/mol. The van der Waals surface area contributed by atoms with Crippen molar-refractivity contribution < 1.29 is 14.2 Å². The maximum absolute atomic E-state index is 6.15. The molecule has 2 atom stereocenters. The van der Waals surface area contributed by atoms with Crippen molar-refractivity contribution in [2.75, 3.05) is 19.9 Å². The normalized spacial score (nSPS) is 27.3. The summed E-state index contributed by atoms with van der Waals surface area (Å²) in [6.45, 7) is 12.4. The number of rotatable bonds is 9. The second kappa shape index (κ2) is 8.83. The first-order chi connectivity index (χ1) is 12.9. The summed E-state index contributed by atoms with van der Waals surface area (Å²) in [6, 6.07) is 6.22. The van der Waals surface area contributed by atoms with Crippen molar-refractivity contribution in [2.24, 2.45) is 11.3 Å². The molecule has 152 valence electrons. The van der Waals surface area contributed by atoms with E-state index in [9.17, 15) is 0 Å². The fourth-order valence-corrected chi connectivity index (χ4v) is 4.46. The summed E-state index contributed by atoms with van der Waals surface area (Å²) in [6.07, 6.45) is 7.33. The van der Waals surface area contributed by atoms with Crippen LogP contribution in [0, 0.1) is 11.3 Å². The molecule has 2 heterocycles. The molecule has 1 N–H and O–H groups in total. The summed E-state index contributed by atoms with van der Waals surface area (Å²) in [5, 5.41) is 3.66. The summed E-state index contributed by atoms with van der Waals surface area (Å²) in [7, 11) is 0. The molecule has 0 radical (unpaired) electrons. The molecule has 1 saturated heterocycles. The SMILES string of the molecule is CC[C@@]1(C)C[C@](CCNCc2ccc3c(c2)OCO3)(CCC(C)C)CCO1. The number of ether oxygens (including phenoxy) is 3. The van der Waals surface area contributed by atoms with Crippen LogP contribution in [0.3, 0.4) is 0 Å². The van der Waals surface area contributed by atoms with Gasteiger partial charge in [0, 0.05) is 13.2 Å². The Bertz CT molecular complexity index is 618. The van der Waals surface area contributed by atoms with Crippen molar-refractivity contribution in [3.8, 4) is 11.5 Å². The van der Waals surface area contributed by atoms with Gasteiger partial charge in [0.2, 0.25) is 6.79 Å². The van der Waals surface area contributed by atoms with Crippen LogP contribution < -0.4 is 14.8 Å². The standard InChI is InChI=1S/C23H37NO3/c1-5-22(4)16-23(11-13-27-22,9-8-18(2)3)10-12-24-15-19-6-7-20-21(14-19)26-17-25-20/h6-7,14,18,24H,5,8-13,15-17H2,1-4H3/t22-,23-/m0/s1. The first-order valence-corrected chi connectivity index (χ1v) is 10.7. The Labute approximate surface area is 165 Å². The molecule has 3 rings (SSSR count). The molecule has 2 aliphatic rings. The lowest BCUT2D eigenvalue weighted by Crippen LogP contribution is -2.44. The van der Waals surface area contributed by atoms with Crippen LogP contribution in [0.15, 0.2) is 18.2 Å². The molecule has 1 aromatic rings. The number of nitrogens with one attached hydrogen (secondary N) is 1. The lowest BCUT2D eigenvalue weighted by atomic mass is 9.67. The smallest absolute Gasteiger partial charge is 0.231 e. The second-order valence-corrected chi connectivity index (χ2v) is 9.13. The Morgan fingerprint density at radius 3 is 2.74 bits per heavy atom. The van der Waals surface area contributed by atoms with Gasteiger partial charge in [0.15, 0.2) is 11.5 Å². The zero-order valence-electron chi connectivity index (χ0n) is 17.6. The Balaban J connectivity index is 1.54. The third kappa shape index (κ3) is 5.39. The van der Waals surface area contributed by atoms with Crippen LogP contribution in [-0.4, -0.2) is 25.5 Å². The topological polar surface area (TPSA) is 39.7 Å². The summed E-state index contributed by atoms with van der Waals surface area (Å²) in [4.78, 5) is 0. The van der Waals surface area contributed by atoms with Gasteiger partial charge >= 0.3 is 0 Å². The third-order valence-electron chi connectivity index (χ3n) is 6.43. The van der Waals surface area contributed by atoms with Gasteiger partial charge in [-0.2, -0.15) is 0 Å². The van der Waals surface area contributed by atoms with Crippen LogP contribution >= 0.6 is 0 Å². The molecular formula is C23H37NO3. The molecule has 0 saturated carbocycles. The van der Waals surface area contributed by atoms with Gasteiger partial charge in [0.05, 0.1) is 5.60 Å². The lowest BCUT2D eigenvalue weighted by molar-refractivity contribution is -0.122. The molecule has 4 nitrogen and oxygen atoms in total. The summed E-state index contributed by atoms with van der Waals surface area (Å²) in [5.41, 5.74) is 1.71. The molecule has 1 fully saturated rings. The lowest BCUT2D eigenvalue weighted by Gasteiger charge is -2.47. The molecule has 2 aliphatic heterocycles. The fraction of sp³-hybridized carbons (Fsp3) is 0.739. The van der Waals surface area contributed by atoms with E-state index < -0.39 is 0 Å². The quantitative estimate of drug-likeness (QED) is 0.595. The van der Waals surface area contributed by atoms with Gasteiger partial charge < -0.3 is 19.5 Å². The highest BCUT2D eigenvalue weighted by molar-refractivity contribution is 5.44. The van der Waals surface area contributed by atoms with Crippen molar-refractivity contribution in [1.29, 1.82) is 0 Å². The van der Waals surface area contributed by atoms with E-state index in [2.05, 4.69) is 45.1 Å². The molecule has 0 amide bonds. The largest absolute Gasteiger partial charge is 0.454 e. The maximum Gasteiger partial charge on any atom is 0.231 e. The molecule has 0 bridgehead atoms. The molecule has 0 aliphatic carbocycles. The number of hydrogen-bond acceptors (Lipinski definition) is 4. The van der Waals surface area contributed by atoms with Crippen LogP contribution in [0.4, 0.5) is 0 Å². The van der Waals surface area contributed by atoms with Crippen LogP contribution in [0.2, 0.25) is 0 Å². The molecule has 0 spiro atoms. The first-order valence-electron chi connectivity index (χ1n) is 10.7. The zero-order valence-corrected chi connectivity index (χ0v) is 17.6. The van der Waals surface area contributed by atoms with Gasteiger partial charge in [-0.3, -0.25) is 0 Å². The third-order valence-corrected chi connectivity index (χ3v) is 6.43. The Morgan fingerprint density at radius 1 is 1.15 bits per heavy atom. The Hall–Kier alpha value is -1.26. The van der Waals surface area contributed by atoms with Crippen LogP contribution in [0.1, 0.15) is 71.8 Å². The van der Waals surface area contributed by atoms with E-state index in [-0.39, 0.29) is 5.60 Å². The molecule has 0 aromatic heterocycles. The van der Waals surface area contributed by atoms with Crippen LogP contribution in [0.25, 0.3) is 0 Å². The monoisotopic (exact) mass is 375 g/mol. The minimum Gasteiger partial charge on any atom is -0.454 e. The summed E-state index contributed by atoms with van der Waals surface area (Å²) >= 11 is 0. The van der Waals surface area contributed by atoms with Crippen molar-refractivity contribution in [1.82, 2.24) is 5.32 Å². The van der Waals surface area contributed by atoms with E-state index in [4.69, 9.17) is 14.2 Å². The van der Waals surface area contributed by atoms with Gasteiger partial charge in [-0.25, -0.2) is 0 Å². The van der Waals surface area contributed by atoms with Crippen molar-refractivity contribution in [3.05, 3.63) is 23.8 Å². The number of hydrogen-bond donors (Lipinski definition) is 1. The van der Waals surface area contributed by atoms with Gasteiger partial charge in [0.1, 0.15) is 0 Å². The first kappa shape index (κ1) is 20.5. The van der Waals surface area contributed by atoms with E-state index >= 15 is 0 Å². The average Bonchev–Trinajstić information content (AvgIpc) is 3.12. The molecule has 0 unspecified atom stereocenters. The predicted octanol–water partition coefficient (Wildman–Crippen LogP) is 5.30. The van der Waals surface area contributed by atoms with Gasteiger partial charge in [-0.1, -0.05) is 33.3 Å². The van der Waals surface area contributed by atoms with E-state index in [1.807, 2.05) is 6.07 Å². The van der Waals surface area contributed by atoms with Gasteiger partial charge in [-0.05, 0) is 74.6 Å². The van der Waals surface area contributed by atoms with Gasteiger partial charge in [0.25, 0.3) is 0 Å². The average molecular weight is 376 g/mol. The van der Waals surface area contributed by atoms with Crippen molar-refractivity contribution in [3.63, 3.8) is 0 Å².